The molecule has 2 N–H and O–H groups in total. The highest BCUT2D eigenvalue weighted by Gasteiger charge is 2.26. The maximum atomic E-state index is 6.13. The molecule has 0 aliphatic heterocycles. The summed E-state index contributed by atoms with van der Waals surface area (Å²) in [7, 11) is 0. The Bertz CT molecular complexity index is 334. The number of nitrogens with two attached hydrogens (primary N) is 1. The number of benzene rings is 1. The van der Waals surface area contributed by atoms with Crippen LogP contribution in [0.3, 0.4) is 0 Å². The van der Waals surface area contributed by atoms with Crippen molar-refractivity contribution in [3.05, 3.63) is 33.8 Å². The predicted molar refractivity (Wildman–Crippen MR) is 60.7 cm³/mol. The molecule has 0 unspecified atom stereocenters. The van der Waals surface area contributed by atoms with Gasteiger partial charge in [-0.3, -0.25) is 0 Å². The monoisotopic (exact) mass is 229 g/mol. The van der Waals surface area contributed by atoms with E-state index in [1.165, 1.54) is 19.3 Å². The third kappa shape index (κ3) is 1.90. The van der Waals surface area contributed by atoms with Crippen LogP contribution in [0.1, 0.15) is 30.9 Å². The maximum Gasteiger partial charge on any atom is 0.0454 e. The van der Waals surface area contributed by atoms with Crippen molar-refractivity contribution < 1.29 is 0 Å². The van der Waals surface area contributed by atoms with Gasteiger partial charge in [-0.2, -0.15) is 0 Å². The first-order chi connectivity index (χ1) is 6.68. The lowest BCUT2D eigenvalue weighted by atomic mass is 9.77. The molecule has 1 aliphatic carbocycles. The van der Waals surface area contributed by atoms with Crippen LogP contribution >= 0.6 is 23.2 Å². The molecule has 0 aromatic heterocycles. The zero-order chi connectivity index (χ0) is 10.1. The number of hydrogen-bond acceptors (Lipinski definition) is 1. The van der Waals surface area contributed by atoms with Gasteiger partial charge in [-0.05, 0) is 42.5 Å². The van der Waals surface area contributed by atoms with Gasteiger partial charge < -0.3 is 5.73 Å². The lowest BCUT2D eigenvalue weighted by Crippen LogP contribution is -2.27. The molecule has 0 radical (unpaired) electrons. The third-order valence-electron chi connectivity index (χ3n) is 2.97. The first kappa shape index (κ1) is 10.3. The van der Waals surface area contributed by atoms with E-state index in [1.54, 1.807) is 6.07 Å². The minimum Gasteiger partial charge on any atom is -0.324 e. The third-order valence-corrected chi connectivity index (χ3v) is 3.55. The fraction of sp³-hybridized carbons (Fsp3) is 0.455. The number of rotatable bonds is 2. The normalized spacial score (nSPS) is 19.1. The molecule has 1 fully saturated rings. The Balaban J connectivity index is 2.24. The molecular formula is C11H13Cl2N. The van der Waals surface area contributed by atoms with Crippen LogP contribution in [0, 0.1) is 5.92 Å². The number of hydrogen-bond donors (Lipinski definition) is 1. The fourth-order valence-corrected chi connectivity index (χ4v) is 2.25. The van der Waals surface area contributed by atoms with Gasteiger partial charge in [0.1, 0.15) is 0 Å². The second kappa shape index (κ2) is 4.09. The van der Waals surface area contributed by atoms with Crippen LogP contribution in [-0.2, 0) is 0 Å². The molecule has 76 valence electrons. The summed E-state index contributed by atoms with van der Waals surface area (Å²) in [6, 6.07) is 5.54. The Morgan fingerprint density at radius 1 is 1.29 bits per heavy atom. The molecule has 0 spiro atoms. The second-order valence-corrected chi connectivity index (χ2v) is 4.73. The summed E-state index contributed by atoms with van der Waals surface area (Å²) in [5.74, 6) is 0.589. The lowest BCUT2D eigenvalue weighted by molar-refractivity contribution is 0.264. The molecular weight excluding hydrogens is 217 g/mol. The van der Waals surface area contributed by atoms with E-state index in [1.807, 2.05) is 12.1 Å². The minimum absolute atomic E-state index is 0.0509. The van der Waals surface area contributed by atoms with E-state index >= 15 is 0 Å². The molecule has 14 heavy (non-hydrogen) atoms. The van der Waals surface area contributed by atoms with Crippen LogP contribution < -0.4 is 5.73 Å². The summed E-state index contributed by atoms with van der Waals surface area (Å²) in [6.45, 7) is 0. The average molecular weight is 230 g/mol. The molecule has 1 aliphatic rings. The van der Waals surface area contributed by atoms with Gasteiger partial charge in [0.2, 0.25) is 0 Å². The first-order valence-electron chi connectivity index (χ1n) is 4.89. The molecule has 1 saturated carbocycles. The summed E-state index contributed by atoms with van der Waals surface area (Å²) < 4.78 is 0. The van der Waals surface area contributed by atoms with Gasteiger partial charge in [-0.1, -0.05) is 29.6 Å². The van der Waals surface area contributed by atoms with Crippen LogP contribution in [0.15, 0.2) is 18.2 Å². The van der Waals surface area contributed by atoms with Gasteiger partial charge >= 0.3 is 0 Å². The highest BCUT2D eigenvalue weighted by atomic mass is 35.5. The van der Waals surface area contributed by atoms with E-state index in [9.17, 15) is 0 Å². The van der Waals surface area contributed by atoms with E-state index in [0.29, 0.717) is 10.9 Å². The van der Waals surface area contributed by atoms with Gasteiger partial charge in [-0.25, -0.2) is 0 Å². The Labute approximate surface area is 94.2 Å². The van der Waals surface area contributed by atoms with Crippen molar-refractivity contribution in [1.29, 1.82) is 0 Å². The van der Waals surface area contributed by atoms with Crippen molar-refractivity contribution in [3.63, 3.8) is 0 Å². The summed E-state index contributed by atoms with van der Waals surface area (Å²) in [5.41, 5.74) is 7.12. The highest BCUT2D eigenvalue weighted by Crippen LogP contribution is 2.38. The smallest absolute Gasteiger partial charge is 0.0454 e. The van der Waals surface area contributed by atoms with Crippen molar-refractivity contribution in [2.24, 2.45) is 11.7 Å². The van der Waals surface area contributed by atoms with Crippen molar-refractivity contribution in [2.75, 3.05) is 0 Å². The zero-order valence-corrected chi connectivity index (χ0v) is 9.35. The summed E-state index contributed by atoms with van der Waals surface area (Å²) in [5, 5.41) is 1.44. The van der Waals surface area contributed by atoms with E-state index in [2.05, 4.69) is 0 Å². The molecule has 3 heteroatoms. The van der Waals surface area contributed by atoms with Crippen molar-refractivity contribution in [1.82, 2.24) is 0 Å². The van der Waals surface area contributed by atoms with Gasteiger partial charge in [0, 0.05) is 16.1 Å². The van der Waals surface area contributed by atoms with Crippen LogP contribution in [0.5, 0.6) is 0 Å². The molecule has 0 heterocycles. The van der Waals surface area contributed by atoms with E-state index in [0.717, 1.165) is 10.6 Å². The molecule has 1 aromatic carbocycles. The average Bonchev–Trinajstić information content (AvgIpc) is 2.06. The van der Waals surface area contributed by atoms with Crippen molar-refractivity contribution >= 4 is 23.2 Å². The van der Waals surface area contributed by atoms with E-state index in [-0.39, 0.29) is 6.04 Å². The number of halogens is 2. The quantitative estimate of drug-likeness (QED) is 0.821. The van der Waals surface area contributed by atoms with Gasteiger partial charge in [0.15, 0.2) is 0 Å². The van der Waals surface area contributed by atoms with Gasteiger partial charge in [0.25, 0.3) is 0 Å². The highest BCUT2D eigenvalue weighted by molar-refractivity contribution is 6.33. The van der Waals surface area contributed by atoms with Gasteiger partial charge in [0.05, 0.1) is 0 Å². The molecule has 1 nitrogen and oxygen atoms in total. The second-order valence-electron chi connectivity index (χ2n) is 3.88. The Hall–Kier alpha value is -0.240. The summed E-state index contributed by atoms with van der Waals surface area (Å²) >= 11 is 12.0. The predicted octanol–water partition coefficient (Wildman–Crippen LogP) is 3.79. The Kier molecular flexibility index (Phi) is 3.01. The Morgan fingerprint density at radius 3 is 2.57 bits per heavy atom. The van der Waals surface area contributed by atoms with Crippen LogP contribution in [0.25, 0.3) is 0 Å². The minimum atomic E-state index is 0.0509. The molecule has 2 rings (SSSR count). The largest absolute Gasteiger partial charge is 0.324 e. The standard InChI is InChI=1S/C11H13Cl2N/c12-8-4-5-10(13)9(6-8)11(14)7-2-1-3-7/h4-7,11H,1-3,14H2/t11-/m0/s1. The molecule has 1 atom stereocenters. The molecule has 0 saturated heterocycles. The van der Waals surface area contributed by atoms with Crippen LogP contribution in [0.4, 0.5) is 0 Å². The van der Waals surface area contributed by atoms with Gasteiger partial charge in [-0.15, -0.1) is 0 Å². The fourth-order valence-electron chi connectivity index (χ4n) is 1.82. The summed E-state index contributed by atoms with van der Waals surface area (Å²) in [6.07, 6.45) is 3.71. The first-order valence-corrected chi connectivity index (χ1v) is 5.64. The van der Waals surface area contributed by atoms with Crippen molar-refractivity contribution in [2.45, 2.75) is 25.3 Å². The SMILES string of the molecule is N[C@H](c1cc(Cl)ccc1Cl)C1CCC1. The lowest BCUT2D eigenvalue weighted by Gasteiger charge is -2.31. The van der Waals surface area contributed by atoms with E-state index in [4.69, 9.17) is 28.9 Å². The molecule has 0 amide bonds. The molecule has 0 bridgehead atoms. The maximum absolute atomic E-state index is 6.13. The topological polar surface area (TPSA) is 26.0 Å². The summed E-state index contributed by atoms with van der Waals surface area (Å²) in [4.78, 5) is 0. The Morgan fingerprint density at radius 2 is 2.00 bits per heavy atom. The van der Waals surface area contributed by atoms with Crippen molar-refractivity contribution in [3.8, 4) is 0 Å². The van der Waals surface area contributed by atoms with E-state index < -0.39 is 0 Å². The molecule has 1 aromatic rings. The zero-order valence-electron chi connectivity index (χ0n) is 7.84. The van der Waals surface area contributed by atoms with Crippen LogP contribution in [-0.4, -0.2) is 0 Å². The van der Waals surface area contributed by atoms with Crippen LogP contribution in [0.2, 0.25) is 10.0 Å².